The Morgan fingerprint density at radius 2 is 2.33 bits per heavy atom. The van der Waals surface area contributed by atoms with E-state index in [1.54, 1.807) is 6.92 Å². The van der Waals surface area contributed by atoms with Gasteiger partial charge in [0.05, 0.1) is 6.04 Å². The third kappa shape index (κ3) is 1.84. The van der Waals surface area contributed by atoms with Crippen LogP contribution in [0.25, 0.3) is 0 Å². The predicted molar refractivity (Wildman–Crippen MR) is 47.4 cm³/mol. The molecule has 1 aliphatic rings. The number of nitrogens with zero attached hydrogens (tertiary/aromatic N) is 1. The van der Waals surface area contributed by atoms with Gasteiger partial charge in [-0.15, -0.1) is 0 Å². The Hall–Kier alpha value is -0.860. The number of hydrogen-bond donors (Lipinski definition) is 0. The average molecular weight is 169 g/mol. The molecule has 0 bridgehead atoms. The zero-order valence-corrected chi connectivity index (χ0v) is 7.83. The molecule has 0 saturated carbocycles. The van der Waals surface area contributed by atoms with Crippen LogP contribution < -0.4 is 0 Å². The van der Waals surface area contributed by atoms with E-state index in [1.807, 2.05) is 6.92 Å². The van der Waals surface area contributed by atoms with Crippen molar-refractivity contribution in [3.05, 3.63) is 0 Å². The average Bonchev–Trinajstić information content (AvgIpc) is 2.32. The molecule has 0 unspecified atom stereocenters. The second-order valence-corrected chi connectivity index (χ2v) is 3.16. The maximum atomic E-state index is 11.0. The van der Waals surface area contributed by atoms with E-state index in [-0.39, 0.29) is 17.9 Å². The molecule has 0 amide bonds. The van der Waals surface area contributed by atoms with Crippen LogP contribution in [0.5, 0.6) is 0 Å². The molecule has 0 aromatic heterocycles. The summed E-state index contributed by atoms with van der Waals surface area (Å²) in [6.07, 6.45) is 1.52. The van der Waals surface area contributed by atoms with E-state index < -0.39 is 0 Å². The van der Waals surface area contributed by atoms with Gasteiger partial charge in [-0.2, -0.15) is 0 Å². The molecule has 1 rings (SSSR count). The summed E-state index contributed by atoms with van der Waals surface area (Å²) >= 11 is 0. The normalized spacial score (nSPS) is 28.1. The molecule has 0 fully saturated rings. The first-order valence-electron chi connectivity index (χ1n) is 4.39. The Morgan fingerprint density at radius 3 is 2.75 bits per heavy atom. The van der Waals surface area contributed by atoms with Gasteiger partial charge in [0.2, 0.25) is 0 Å². The van der Waals surface area contributed by atoms with E-state index in [2.05, 4.69) is 11.9 Å². The van der Waals surface area contributed by atoms with E-state index >= 15 is 0 Å². The summed E-state index contributed by atoms with van der Waals surface area (Å²) in [5.41, 5.74) is 0. The van der Waals surface area contributed by atoms with Crippen molar-refractivity contribution < 1.29 is 9.53 Å². The Labute approximate surface area is 72.8 Å². The monoisotopic (exact) mass is 169 g/mol. The zero-order chi connectivity index (χ0) is 9.14. The van der Waals surface area contributed by atoms with Crippen molar-refractivity contribution in [3.63, 3.8) is 0 Å². The topological polar surface area (TPSA) is 38.7 Å². The SMILES string of the molecule is CCCC1=N[C@H](C)[C@H](C(C)=O)O1. The minimum absolute atomic E-state index is 0.00375. The minimum Gasteiger partial charge on any atom is -0.468 e. The van der Waals surface area contributed by atoms with Crippen LogP contribution in [0.15, 0.2) is 4.99 Å². The Morgan fingerprint density at radius 1 is 1.67 bits per heavy atom. The van der Waals surface area contributed by atoms with E-state index in [1.165, 1.54) is 0 Å². The molecule has 0 N–H and O–H groups in total. The highest BCUT2D eigenvalue weighted by atomic mass is 16.5. The highest BCUT2D eigenvalue weighted by Gasteiger charge is 2.30. The van der Waals surface area contributed by atoms with E-state index in [4.69, 9.17) is 4.74 Å². The first-order chi connectivity index (χ1) is 5.65. The molecule has 68 valence electrons. The highest BCUT2D eigenvalue weighted by Crippen LogP contribution is 2.16. The van der Waals surface area contributed by atoms with Gasteiger partial charge in [0, 0.05) is 6.42 Å². The molecular weight excluding hydrogens is 154 g/mol. The lowest BCUT2D eigenvalue weighted by atomic mass is 10.1. The molecule has 1 aliphatic heterocycles. The summed E-state index contributed by atoms with van der Waals surface area (Å²) in [5, 5.41) is 0. The van der Waals surface area contributed by atoms with E-state index in [0.29, 0.717) is 0 Å². The van der Waals surface area contributed by atoms with Gasteiger partial charge >= 0.3 is 0 Å². The molecule has 3 nitrogen and oxygen atoms in total. The molecule has 0 spiro atoms. The highest BCUT2D eigenvalue weighted by molar-refractivity contribution is 5.88. The standard InChI is InChI=1S/C9H15NO2/c1-4-5-8-10-6(2)9(12-8)7(3)11/h6,9H,4-5H2,1-3H3/t6-,9-/m1/s1. The molecule has 0 aliphatic carbocycles. The largest absolute Gasteiger partial charge is 0.468 e. The van der Waals surface area contributed by atoms with E-state index in [9.17, 15) is 4.79 Å². The molecule has 0 aromatic carbocycles. The number of Topliss-reactive ketones (excluding diaryl/α,β-unsaturated/α-hetero) is 1. The summed E-state index contributed by atoms with van der Waals surface area (Å²) in [4.78, 5) is 15.3. The van der Waals surface area contributed by atoms with Crippen LogP contribution in [0.4, 0.5) is 0 Å². The van der Waals surface area contributed by atoms with Crippen LogP contribution in [-0.2, 0) is 9.53 Å². The van der Waals surface area contributed by atoms with Crippen LogP contribution in [0.3, 0.4) is 0 Å². The Bertz CT molecular complexity index is 211. The summed E-state index contributed by atoms with van der Waals surface area (Å²) in [5.74, 6) is 0.808. The van der Waals surface area contributed by atoms with Crippen molar-refractivity contribution in [3.8, 4) is 0 Å². The van der Waals surface area contributed by atoms with Crippen molar-refractivity contribution >= 4 is 11.7 Å². The van der Waals surface area contributed by atoms with Crippen LogP contribution in [0, 0.1) is 0 Å². The molecule has 3 heteroatoms. The summed E-state index contributed by atoms with van der Waals surface area (Å²) in [6.45, 7) is 5.53. The molecule has 0 saturated heterocycles. The van der Waals surface area contributed by atoms with Gasteiger partial charge in [-0.3, -0.25) is 4.79 Å². The maximum Gasteiger partial charge on any atom is 0.184 e. The van der Waals surface area contributed by atoms with Gasteiger partial charge in [0.15, 0.2) is 17.8 Å². The first kappa shape index (κ1) is 9.23. The van der Waals surface area contributed by atoms with Crippen molar-refractivity contribution in [1.82, 2.24) is 0 Å². The van der Waals surface area contributed by atoms with Gasteiger partial charge in [-0.25, -0.2) is 4.99 Å². The number of rotatable bonds is 3. The van der Waals surface area contributed by atoms with Crippen LogP contribution in [-0.4, -0.2) is 23.8 Å². The lowest BCUT2D eigenvalue weighted by molar-refractivity contribution is -0.124. The molecule has 12 heavy (non-hydrogen) atoms. The van der Waals surface area contributed by atoms with Gasteiger partial charge < -0.3 is 4.74 Å². The van der Waals surface area contributed by atoms with Crippen molar-refractivity contribution in [2.75, 3.05) is 0 Å². The fourth-order valence-electron chi connectivity index (χ4n) is 1.33. The summed E-state index contributed by atoms with van der Waals surface area (Å²) in [6, 6.07) is 0.00375. The van der Waals surface area contributed by atoms with Crippen LogP contribution >= 0.6 is 0 Å². The zero-order valence-electron chi connectivity index (χ0n) is 7.83. The molecule has 0 aromatic rings. The van der Waals surface area contributed by atoms with Gasteiger partial charge in [-0.05, 0) is 20.3 Å². The molecular formula is C9H15NO2. The predicted octanol–water partition coefficient (Wildman–Crippen LogP) is 1.56. The lowest BCUT2D eigenvalue weighted by Gasteiger charge is -2.09. The molecule has 0 radical (unpaired) electrons. The number of ether oxygens (including phenoxy) is 1. The Balaban J connectivity index is 2.54. The van der Waals surface area contributed by atoms with Gasteiger partial charge in [0.1, 0.15) is 0 Å². The van der Waals surface area contributed by atoms with E-state index in [0.717, 1.165) is 18.7 Å². The minimum atomic E-state index is -0.327. The fourth-order valence-corrected chi connectivity index (χ4v) is 1.33. The number of aliphatic imine (C=N–C) groups is 1. The number of carbonyl (C=O) groups excluding carboxylic acids is 1. The number of hydrogen-bond acceptors (Lipinski definition) is 3. The molecule has 1 heterocycles. The second-order valence-electron chi connectivity index (χ2n) is 3.16. The van der Waals surface area contributed by atoms with Gasteiger partial charge in [0.25, 0.3) is 0 Å². The maximum absolute atomic E-state index is 11.0. The summed E-state index contributed by atoms with van der Waals surface area (Å²) < 4.78 is 5.38. The van der Waals surface area contributed by atoms with Crippen LogP contribution in [0.1, 0.15) is 33.6 Å². The third-order valence-corrected chi connectivity index (χ3v) is 1.91. The smallest absolute Gasteiger partial charge is 0.184 e. The lowest BCUT2D eigenvalue weighted by Crippen LogP contribution is -2.27. The summed E-state index contributed by atoms with van der Waals surface area (Å²) in [7, 11) is 0. The fraction of sp³-hybridized carbons (Fsp3) is 0.778. The second kappa shape index (κ2) is 3.70. The van der Waals surface area contributed by atoms with Crippen LogP contribution in [0.2, 0.25) is 0 Å². The van der Waals surface area contributed by atoms with Crippen molar-refractivity contribution in [2.45, 2.75) is 45.8 Å². The number of carbonyl (C=O) groups is 1. The Kier molecular flexibility index (Phi) is 2.84. The number of ketones is 1. The van der Waals surface area contributed by atoms with Crippen molar-refractivity contribution in [2.24, 2.45) is 4.99 Å². The van der Waals surface area contributed by atoms with Crippen molar-refractivity contribution in [1.29, 1.82) is 0 Å². The quantitative estimate of drug-likeness (QED) is 0.643. The third-order valence-electron chi connectivity index (χ3n) is 1.91. The molecule has 2 atom stereocenters. The van der Waals surface area contributed by atoms with Gasteiger partial charge in [-0.1, -0.05) is 6.92 Å². The first-order valence-corrected chi connectivity index (χ1v) is 4.39.